The average molecular weight is 210 g/mol. The molecule has 0 unspecified atom stereocenters. The summed E-state index contributed by atoms with van der Waals surface area (Å²) in [5.74, 6) is 4.89. The van der Waals surface area contributed by atoms with E-state index >= 15 is 0 Å². The number of hydrogen-bond acceptors (Lipinski definition) is 3. The first-order chi connectivity index (χ1) is 7.05. The van der Waals surface area contributed by atoms with E-state index in [0.717, 1.165) is 19.3 Å². The summed E-state index contributed by atoms with van der Waals surface area (Å²) in [7, 11) is 0. The lowest BCUT2D eigenvalue weighted by molar-refractivity contribution is -0.160. The molecule has 84 valence electrons. The Hall–Kier alpha value is -1.01. The zero-order valence-electron chi connectivity index (χ0n) is 9.63. The largest absolute Gasteiger partial charge is 0.432 e. The molecule has 1 saturated heterocycles. The van der Waals surface area contributed by atoms with E-state index in [-0.39, 0.29) is 5.97 Å². The molecule has 0 amide bonds. The van der Waals surface area contributed by atoms with Crippen molar-refractivity contribution in [3.05, 3.63) is 0 Å². The summed E-state index contributed by atoms with van der Waals surface area (Å²) >= 11 is 0. The van der Waals surface area contributed by atoms with E-state index in [4.69, 9.17) is 9.47 Å². The SMILES string of the molecule is CCCCC#CC[C@H]1OC(C)(C)OC1=O. The first-order valence-corrected chi connectivity index (χ1v) is 5.41. The van der Waals surface area contributed by atoms with Gasteiger partial charge in [-0.2, -0.15) is 0 Å². The Morgan fingerprint density at radius 3 is 2.67 bits per heavy atom. The van der Waals surface area contributed by atoms with Gasteiger partial charge in [0.1, 0.15) is 0 Å². The number of hydrogen-bond donors (Lipinski definition) is 0. The number of ether oxygens (including phenoxy) is 2. The number of carbonyl (C=O) groups excluding carboxylic acids is 1. The highest BCUT2D eigenvalue weighted by molar-refractivity contribution is 5.77. The number of unbranched alkanes of at least 4 members (excludes halogenated alkanes) is 2. The van der Waals surface area contributed by atoms with Crippen LogP contribution in [-0.4, -0.2) is 17.9 Å². The molecule has 0 aromatic rings. The van der Waals surface area contributed by atoms with Gasteiger partial charge in [0.25, 0.3) is 0 Å². The molecule has 1 atom stereocenters. The third-order valence-corrected chi connectivity index (χ3v) is 2.10. The van der Waals surface area contributed by atoms with Gasteiger partial charge in [0.15, 0.2) is 6.10 Å². The number of esters is 1. The van der Waals surface area contributed by atoms with Crippen LogP contribution in [0.5, 0.6) is 0 Å². The van der Waals surface area contributed by atoms with E-state index in [2.05, 4.69) is 18.8 Å². The van der Waals surface area contributed by atoms with Crippen molar-refractivity contribution in [1.82, 2.24) is 0 Å². The lowest BCUT2D eigenvalue weighted by atomic mass is 10.2. The van der Waals surface area contributed by atoms with Crippen molar-refractivity contribution in [1.29, 1.82) is 0 Å². The molecule has 1 fully saturated rings. The van der Waals surface area contributed by atoms with Crippen molar-refractivity contribution in [3.8, 4) is 11.8 Å². The molecule has 0 aromatic carbocycles. The minimum atomic E-state index is -0.785. The zero-order valence-corrected chi connectivity index (χ0v) is 9.63. The molecule has 0 saturated carbocycles. The Kier molecular flexibility index (Phi) is 4.16. The van der Waals surface area contributed by atoms with E-state index in [1.165, 1.54) is 0 Å². The van der Waals surface area contributed by atoms with Crippen molar-refractivity contribution >= 4 is 5.97 Å². The summed E-state index contributed by atoms with van der Waals surface area (Å²) in [6.45, 7) is 5.59. The standard InChI is InChI=1S/C12H18O3/c1-4-5-6-7-8-9-10-11(13)15-12(2,3)14-10/h10H,4-6,9H2,1-3H3/t10-/m1/s1. The van der Waals surface area contributed by atoms with E-state index in [0.29, 0.717) is 6.42 Å². The minimum Gasteiger partial charge on any atom is -0.432 e. The highest BCUT2D eigenvalue weighted by atomic mass is 16.8. The number of carbonyl (C=O) groups is 1. The van der Waals surface area contributed by atoms with Gasteiger partial charge in [0.05, 0.1) is 0 Å². The Morgan fingerprint density at radius 2 is 2.13 bits per heavy atom. The maximum absolute atomic E-state index is 11.3. The topological polar surface area (TPSA) is 35.5 Å². The van der Waals surface area contributed by atoms with Crippen LogP contribution in [0.15, 0.2) is 0 Å². The maximum Gasteiger partial charge on any atom is 0.338 e. The molecule has 0 radical (unpaired) electrons. The van der Waals surface area contributed by atoms with Crippen LogP contribution < -0.4 is 0 Å². The van der Waals surface area contributed by atoms with Crippen molar-refractivity contribution < 1.29 is 14.3 Å². The highest BCUT2D eigenvalue weighted by Crippen LogP contribution is 2.24. The lowest BCUT2D eigenvalue weighted by Gasteiger charge is -2.14. The quantitative estimate of drug-likeness (QED) is 0.407. The normalized spacial score (nSPS) is 23.1. The van der Waals surface area contributed by atoms with Crippen LogP contribution in [0.25, 0.3) is 0 Å². The fourth-order valence-corrected chi connectivity index (χ4v) is 1.37. The molecule has 1 aliphatic heterocycles. The predicted octanol–water partition coefficient (Wildman–Crippen LogP) is 2.25. The van der Waals surface area contributed by atoms with Crippen LogP contribution in [0.2, 0.25) is 0 Å². The molecule has 1 aliphatic rings. The highest BCUT2D eigenvalue weighted by Gasteiger charge is 2.40. The summed E-state index contributed by atoms with van der Waals surface area (Å²) in [5.41, 5.74) is 0. The van der Waals surface area contributed by atoms with Gasteiger partial charge in [0, 0.05) is 26.7 Å². The molecule has 1 heterocycles. The molecule has 0 spiro atoms. The second-order valence-electron chi connectivity index (χ2n) is 4.09. The van der Waals surface area contributed by atoms with Crippen LogP contribution in [0.4, 0.5) is 0 Å². The van der Waals surface area contributed by atoms with Gasteiger partial charge in [-0.05, 0) is 6.42 Å². The van der Waals surface area contributed by atoms with Gasteiger partial charge < -0.3 is 9.47 Å². The van der Waals surface area contributed by atoms with Gasteiger partial charge in [-0.25, -0.2) is 4.79 Å². The Labute approximate surface area is 91.1 Å². The fraction of sp³-hybridized carbons (Fsp3) is 0.750. The molecule has 0 N–H and O–H groups in total. The van der Waals surface area contributed by atoms with Crippen LogP contribution in [0.3, 0.4) is 0 Å². The smallest absolute Gasteiger partial charge is 0.338 e. The molecule has 15 heavy (non-hydrogen) atoms. The van der Waals surface area contributed by atoms with Crippen LogP contribution in [0, 0.1) is 11.8 Å². The van der Waals surface area contributed by atoms with Crippen molar-refractivity contribution in [2.24, 2.45) is 0 Å². The molecule has 3 heteroatoms. The molecule has 0 aliphatic carbocycles. The van der Waals surface area contributed by atoms with Crippen molar-refractivity contribution in [3.63, 3.8) is 0 Å². The Balaban J connectivity index is 2.33. The summed E-state index contributed by atoms with van der Waals surface area (Å²) in [4.78, 5) is 11.3. The maximum atomic E-state index is 11.3. The van der Waals surface area contributed by atoms with Crippen molar-refractivity contribution in [2.75, 3.05) is 0 Å². The Morgan fingerprint density at radius 1 is 1.40 bits per heavy atom. The predicted molar refractivity (Wildman–Crippen MR) is 57.0 cm³/mol. The van der Waals surface area contributed by atoms with Gasteiger partial charge in [-0.15, -0.1) is 5.92 Å². The number of rotatable bonds is 3. The van der Waals surface area contributed by atoms with E-state index in [9.17, 15) is 4.79 Å². The van der Waals surface area contributed by atoms with Gasteiger partial charge >= 0.3 is 5.97 Å². The van der Waals surface area contributed by atoms with Crippen LogP contribution >= 0.6 is 0 Å². The average Bonchev–Trinajstić information content (AvgIpc) is 2.39. The van der Waals surface area contributed by atoms with Gasteiger partial charge in [-0.3, -0.25) is 0 Å². The third-order valence-electron chi connectivity index (χ3n) is 2.10. The molecule has 0 aromatic heterocycles. The first kappa shape index (κ1) is 12.1. The summed E-state index contributed by atoms with van der Waals surface area (Å²) < 4.78 is 10.4. The zero-order chi connectivity index (χ0) is 11.3. The molecule has 1 rings (SSSR count). The van der Waals surface area contributed by atoms with Gasteiger partial charge in [0.2, 0.25) is 5.79 Å². The summed E-state index contributed by atoms with van der Waals surface area (Å²) in [6, 6.07) is 0. The van der Waals surface area contributed by atoms with Crippen molar-refractivity contribution in [2.45, 2.75) is 58.3 Å². The van der Waals surface area contributed by atoms with Crippen LogP contribution in [0.1, 0.15) is 46.5 Å². The minimum absolute atomic E-state index is 0.301. The molecular formula is C12H18O3. The van der Waals surface area contributed by atoms with E-state index < -0.39 is 11.9 Å². The second kappa shape index (κ2) is 5.18. The van der Waals surface area contributed by atoms with E-state index in [1.54, 1.807) is 13.8 Å². The molecular weight excluding hydrogens is 192 g/mol. The fourth-order valence-electron chi connectivity index (χ4n) is 1.37. The van der Waals surface area contributed by atoms with Crippen LogP contribution in [-0.2, 0) is 14.3 Å². The first-order valence-electron chi connectivity index (χ1n) is 5.41. The monoisotopic (exact) mass is 210 g/mol. The number of cyclic esters (lactones) is 1. The lowest BCUT2D eigenvalue weighted by Crippen LogP contribution is -2.21. The second-order valence-corrected chi connectivity index (χ2v) is 4.09. The third kappa shape index (κ3) is 3.93. The molecule has 0 bridgehead atoms. The summed E-state index contributed by atoms with van der Waals surface area (Å²) in [6.07, 6.45) is 3.07. The molecule has 3 nitrogen and oxygen atoms in total. The van der Waals surface area contributed by atoms with E-state index in [1.807, 2.05) is 0 Å². The van der Waals surface area contributed by atoms with Gasteiger partial charge in [-0.1, -0.05) is 19.3 Å². The summed E-state index contributed by atoms with van der Waals surface area (Å²) in [5, 5.41) is 0. The Bertz CT molecular complexity index is 283.